The van der Waals surface area contributed by atoms with Gasteiger partial charge in [-0.2, -0.15) is 18.2 Å². The summed E-state index contributed by atoms with van der Waals surface area (Å²) < 4.78 is 44.6. The van der Waals surface area contributed by atoms with Gasteiger partial charge in [0.2, 0.25) is 0 Å². The van der Waals surface area contributed by atoms with Crippen molar-refractivity contribution in [1.82, 2.24) is 19.6 Å². The first kappa shape index (κ1) is 21.1. The lowest BCUT2D eigenvalue weighted by atomic mass is 10.1. The van der Waals surface area contributed by atoms with Crippen LogP contribution in [0.3, 0.4) is 0 Å². The number of ether oxygens (including phenoxy) is 1. The topological polar surface area (TPSA) is 113 Å². The summed E-state index contributed by atoms with van der Waals surface area (Å²) in [4.78, 5) is 30.0. The van der Waals surface area contributed by atoms with E-state index in [4.69, 9.17) is 4.74 Å². The van der Waals surface area contributed by atoms with Crippen molar-refractivity contribution < 1.29 is 27.6 Å². The summed E-state index contributed by atoms with van der Waals surface area (Å²) in [5, 5.41) is 14.4. The number of carbonyl (C=O) groups excluding carboxylic acids is 1. The van der Waals surface area contributed by atoms with Crippen molar-refractivity contribution in [3.05, 3.63) is 62.7 Å². The number of para-hydroxylation sites is 1. The Balaban J connectivity index is 1.71. The molecule has 0 spiro atoms. The van der Waals surface area contributed by atoms with Crippen LogP contribution in [0.4, 0.5) is 18.9 Å². The molecule has 0 aliphatic carbocycles. The van der Waals surface area contributed by atoms with E-state index in [9.17, 15) is 28.1 Å². The molecule has 0 aliphatic rings. The van der Waals surface area contributed by atoms with Crippen LogP contribution in [0.2, 0.25) is 0 Å². The maximum Gasteiger partial charge on any atom is 0.453 e. The summed E-state index contributed by atoms with van der Waals surface area (Å²) in [5.41, 5.74) is 1.45. The van der Waals surface area contributed by atoms with E-state index in [0.717, 1.165) is 4.52 Å². The van der Waals surface area contributed by atoms with Gasteiger partial charge in [-0.05, 0) is 31.9 Å². The zero-order valence-electron chi connectivity index (χ0n) is 15.9. The summed E-state index contributed by atoms with van der Waals surface area (Å²) >= 11 is 0. The molecular formula is C18H16F3N5O4. The Kier molecular flexibility index (Phi) is 5.67. The molecule has 0 bridgehead atoms. The van der Waals surface area contributed by atoms with Crippen molar-refractivity contribution in [3.8, 4) is 0 Å². The van der Waals surface area contributed by atoms with E-state index in [-0.39, 0.29) is 36.5 Å². The third kappa shape index (κ3) is 4.36. The Morgan fingerprint density at radius 1 is 1.23 bits per heavy atom. The number of hydrogen-bond donors (Lipinski definition) is 0. The Hall–Kier alpha value is -3.57. The number of nitro groups is 1. The maximum atomic E-state index is 12.8. The van der Waals surface area contributed by atoms with Crippen LogP contribution in [0, 0.1) is 24.0 Å². The molecule has 9 nitrogen and oxygen atoms in total. The van der Waals surface area contributed by atoms with E-state index in [1.54, 1.807) is 19.9 Å². The largest absolute Gasteiger partial charge is 0.461 e. The van der Waals surface area contributed by atoms with Gasteiger partial charge in [-0.1, -0.05) is 12.1 Å². The molecule has 3 aromatic rings. The van der Waals surface area contributed by atoms with E-state index >= 15 is 0 Å². The number of esters is 1. The lowest BCUT2D eigenvalue weighted by molar-refractivity contribution is -0.385. The molecule has 0 amide bonds. The van der Waals surface area contributed by atoms with E-state index in [1.165, 1.54) is 18.2 Å². The summed E-state index contributed by atoms with van der Waals surface area (Å²) in [6.45, 7) is 2.90. The molecule has 0 radical (unpaired) electrons. The summed E-state index contributed by atoms with van der Waals surface area (Å²) in [5.74, 6) is -2.08. The van der Waals surface area contributed by atoms with Gasteiger partial charge in [-0.25, -0.2) is 9.50 Å². The Bertz CT molecular complexity index is 1130. The lowest BCUT2D eigenvalue weighted by Gasteiger charge is -2.10. The smallest absolute Gasteiger partial charge is 0.453 e. The monoisotopic (exact) mass is 423 g/mol. The van der Waals surface area contributed by atoms with Crippen molar-refractivity contribution in [3.63, 3.8) is 0 Å². The number of nitrogens with zero attached hydrogens (tertiary/aromatic N) is 5. The average molecular weight is 423 g/mol. The molecule has 0 fully saturated rings. The van der Waals surface area contributed by atoms with Gasteiger partial charge in [0, 0.05) is 23.9 Å². The molecule has 2 aromatic heterocycles. The van der Waals surface area contributed by atoms with E-state index in [1.807, 2.05) is 0 Å². The number of alkyl halides is 3. The van der Waals surface area contributed by atoms with Gasteiger partial charge in [0.1, 0.15) is 6.61 Å². The van der Waals surface area contributed by atoms with Crippen molar-refractivity contribution in [2.45, 2.75) is 39.5 Å². The van der Waals surface area contributed by atoms with Gasteiger partial charge >= 0.3 is 12.1 Å². The molecule has 2 heterocycles. The van der Waals surface area contributed by atoms with Crippen LogP contribution in [0.1, 0.15) is 34.8 Å². The fraction of sp³-hybridized carbons (Fsp3) is 0.333. The van der Waals surface area contributed by atoms with Crippen molar-refractivity contribution in [1.29, 1.82) is 0 Å². The first-order chi connectivity index (χ1) is 14.1. The maximum absolute atomic E-state index is 12.8. The molecule has 0 saturated heterocycles. The summed E-state index contributed by atoms with van der Waals surface area (Å²) in [6.07, 6.45) is -4.63. The first-order valence-corrected chi connectivity index (χ1v) is 8.76. The third-order valence-electron chi connectivity index (χ3n) is 4.46. The van der Waals surface area contributed by atoms with Gasteiger partial charge in [-0.3, -0.25) is 14.9 Å². The van der Waals surface area contributed by atoms with Gasteiger partial charge in [0.05, 0.1) is 10.5 Å². The normalized spacial score (nSPS) is 11.6. The molecule has 1 aromatic carbocycles. The number of halogens is 3. The fourth-order valence-corrected chi connectivity index (χ4v) is 2.96. The Morgan fingerprint density at radius 3 is 2.60 bits per heavy atom. The first-order valence-electron chi connectivity index (χ1n) is 8.76. The molecule has 12 heteroatoms. The second kappa shape index (κ2) is 8.05. The highest BCUT2D eigenvalue weighted by Crippen LogP contribution is 2.27. The van der Waals surface area contributed by atoms with E-state index < -0.39 is 22.9 Å². The van der Waals surface area contributed by atoms with Crippen molar-refractivity contribution >= 4 is 17.4 Å². The van der Waals surface area contributed by atoms with Gasteiger partial charge < -0.3 is 4.74 Å². The minimum Gasteiger partial charge on any atom is -0.461 e. The highest BCUT2D eigenvalue weighted by molar-refractivity contribution is 5.70. The number of carbonyl (C=O) groups is 1. The molecule has 0 saturated carbocycles. The molecule has 30 heavy (non-hydrogen) atoms. The number of aromatic nitrogens is 4. The summed E-state index contributed by atoms with van der Waals surface area (Å²) in [7, 11) is 0. The highest BCUT2D eigenvalue weighted by atomic mass is 19.4. The second-order valence-corrected chi connectivity index (χ2v) is 6.45. The van der Waals surface area contributed by atoms with Crippen LogP contribution < -0.4 is 0 Å². The molecular weight excluding hydrogens is 407 g/mol. The van der Waals surface area contributed by atoms with Crippen LogP contribution in [-0.4, -0.2) is 30.5 Å². The Labute approximate surface area is 167 Å². The number of fused-ring (bicyclic) bond motifs is 1. The van der Waals surface area contributed by atoms with Gasteiger partial charge in [-0.15, -0.1) is 5.10 Å². The SMILES string of the molecule is Cc1nc2nc(C(F)(F)F)nn2c(C)c1CCC(=O)OCc1ccccc1[N+](=O)[O-]. The van der Waals surface area contributed by atoms with Crippen molar-refractivity contribution in [2.75, 3.05) is 0 Å². The second-order valence-electron chi connectivity index (χ2n) is 6.45. The average Bonchev–Trinajstić information content (AvgIpc) is 3.11. The minimum absolute atomic E-state index is 0.0870. The van der Waals surface area contributed by atoms with Gasteiger partial charge in [0.15, 0.2) is 0 Å². The number of rotatable bonds is 6. The van der Waals surface area contributed by atoms with Crippen LogP contribution in [-0.2, 0) is 28.7 Å². The predicted molar refractivity (Wildman–Crippen MR) is 96.5 cm³/mol. The minimum atomic E-state index is -4.70. The van der Waals surface area contributed by atoms with Gasteiger partial charge in [0.25, 0.3) is 17.3 Å². The molecule has 3 rings (SSSR count). The third-order valence-corrected chi connectivity index (χ3v) is 4.46. The molecule has 0 aliphatic heterocycles. The van der Waals surface area contributed by atoms with Crippen LogP contribution in [0.5, 0.6) is 0 Å². The molecule has 0 N–H and O–H groups in total. The quantitative estimate of drug-likeness (QED) is 0.339. The standard InChI is InChI=1S/C18H16F3N5O4/c1-10-13(11(2)25-17(22-10)23-16(24-25)18(19,20)21)7-8-15(27)30-9-12-5-3-4-6-14(12)26(28)29/h3-6H,7-9H2,1-2H3. The predicted octanol–water partition coefficient (Wildman–Crippen LogP) is 3.34. The molecule has 0 unspecified atom stereocenters. The van der Waals surface area contributed by atoms with E-state index in [2.05, 4.69) is 15.1 Å². The summed E-state index contributed by atoms with van der Waals surface area (Å²) in [6, 6.07) is 5.90. The lowest BCUT2D eigenvalue weighted by Crippen LogP contribution is -2.11. The van der Waals surface area contributed by atoms with Crippen LogP contribution >= 0.6 is 0 Å². The number of benzene rings is 1. The van der Waals surface area contributed by atoms with Crippen LogP contribution in [0.25, 0.3) is 5.78 Å². The molecule has 158 valence electrons. The highest BCUT2D eigenvalue weighted by Gasteiger charge is 2.37. The number of aryl methyl sites for hydroxylation is 2. The van der Waals surface area contributed by atoms with E-state index in [0.29, 0.717) is 17.0 Å². The van der Waals surface area contributed by atoms with Crippen LogP contribution in [0.15, 0.2) is 24.3 Å². The molecule has 0 atom stereocenters. The zero-order chi connectivity index (χ0) is 22.1. The Morgan fingerprint density at radius 2 is 1.93 bits per heavy atom. The fourth-order valence-electron chi connectivity index (χ4n) is 2.96. The number of nitro benzene ring substituents is 1. The number of hydrogen-bond acceptors (Lipinski definition) is 7. The zero-order valence-corrected chi connectivity index (χ0v) is 15.9. The van der Waals surface area contributed by atoms with Crippen molar-refractivity contribution in [2.24, 2.45) is 0 Å².